The third-order valence-electron chi connectivity index (χ3n) is 3.42. The highest BCUT2D eigenvalue weighted by atomic mass is 16.4. The van der Waals surface area contributed by atoms with Gasteiger partial charge < -0.3 is 10.0 Å². The molecule has 0 aliphatic carbocycles. The zero-order chi connectivity index (χ0) is 12.5. The average Bonchev–Trinajstić information content (AvgIpc) is 2.87. The number of hydrogen-bond acceptors (Lipinski definition) is 3. The van der Waals surface area contributed by atoms with Gasteiger partial charge in [0.1, 0.15) is 11.9 Å². The molecule has 1 aromatic carbocycles. The molecule has 1 atom stereocenters. The fourth-order valence-corrected chi connectivity index (χ4v) is 2.51. The zero-order valence-electron chi connectivity index (χ0n) is 9.91. The van der Waals surface area contributed by atoms with Crippen molar-refractivity contribution in [2.75, 3.05) is 11.4 Å². The molecule has 4 nitrogen and oxygen atoms in total. The first-order valence-electron chi connectivity index (χ1n) is 6.11. The van der Waals surface area contributed by atoms with Gasteiger partial charge in [0, 0.05) is 11.9 Å². The van der Waals surface area contributed by atoms with Gasteiger partial charge in [-0.2, -0.15) is 0 Å². The van der Waals surface area contributed by atoms with Crippen LogP contribution < -0.4 is 4.90 Å². The van der Waals surface area contributed by atoms with Crippen LogP contribution in [0, 0.1) is 0 Å². The summed E-state index contributed by atoms with van der Waals surface area (Å²) >= 11 is 0. The number of carboxylic acid groups (broad SMARTS) is 1. The molecular weight excluding hydrogens is 228 g/mol. The minimum Gasteiger partial charge on any atom is -0.480 e. The first-order chi connectivity index (χ1) is 8.75. The summed E-state index contributed by atoms with van der Waals surface area (Å²) in [5, 5.41) is 10.3. The molecule has 1 aliphatic rings. The van der Waals surface area contributed by atoms with Crippen LogP contribution in [0.4, 0.5) is 5.82 Å². The summed E-state index contributed by atoms with van der Waals surface area (Å²) < 4.78 is 0. The number of carboxylic acids is 1. The highest BCUT2D eigenvalue weighted by molar-refractivity contribution is 5.82. The Balaban J connectivity index is 2.01. The first-order valence-corrected chi connectivity index (χ1v) is 6.11. The standard InChI is InChI=1S/C14H14N2O2/c17-14(18)12-6-3-9-16(12)13-8-7-10-4-1-2-5-11(10)15-13/h1-2,4-5,7-8,12H,3,6,9H2,(H,17,18). The van der Waals surface area contributed by atoms with Crippen molar-refractivity contribution in [3.05, 3.63) is 36.4 Å². The van der Waals surface area contributed by atoms with Crippen LogP contribution in [0.2, 0.25) is 0 Å². The highest BCUT2D eigenvalue weighted by Crippen LogP contribution is 2.25. The number of rotatable bonds is 2. The van der Waals surface area contributed by atoms with E-state index in [-0.39, 0.29) is 0 Å². The number of anilines is 1. The molecule has 2 aromatic rings. The Labute approximate surface area is 105 Å². The lowest BCUT2D eigenvalue weighted by molar-refractivity contribution is -0.138. The number of para-hydroxylation sites is 1. The average molecular weight is 242 g/mol. The Morgan fingerprint density at radius 2 is 2.11 bits per heavy atom. The van der Waals surface area contributed by atoms with Crippen LogP contribution in [0.15, 0.2) is 36.4 Å². The molecule has 4 heteroatoms. The number of pyridine rings is 1. The maximum Gasteiger partial charge on any atom is 0.326 e. The highest BCUT2D eigenvalue weighted by Gasteiger charge is 2.31. The van der Waals surface area contributed by atoms with Crippen molar-refractivity contribution in [1.29, 1.82) is 0 Å². The fraction of sp³-hybridized carbons (Fsp3) is 0.286. The maximum absolute atomic E-state index is 11.2. The van der Waals surface area contributed by atoms with Crippen LogP contribution in [0.5, 0.6) is 0 Å². The molecule has 0 radical (unpaired) electrons. The fourth-order valence-electron chi connectivity index (χ4n) is 2.51. The first kappa shape index (κ1) is 11.0. The number of aliphatic carboxylic acids is 1. The quantitative estimate of drug-likeness (QED) is 0.877. The van der Waals surface area contributed by atoms with E-state index < -0.39 is 12.0 Å². The van der Waals surface area contributed by atoms with Crippen LogP contribution in [-0.4, -0.2) is 28.6 Å². The molecule has 1 N–H and O–H groups in total. The zero-order valence-corrected chi connectivity index (χ0v) is 9.91. The van der Waals surface area contributed by atoms with Gasteiger partial charge in [0.25, 0.3) is 0 Å². The summed E-state index contributed by atoms with van der Waals surface area (Å²) in [4.78, 5) is 17.6. The molecule has 0 amide bonds. The Morgan fingerprint density at radius 1 is 1.28 bits per heavy atom. The van der Waals surface area contributed by atoms with Crippen molar-refractivity contribution < 1.29 is 9.90 Å². The van der Waals surface area contributed by atoms with E-state index in [1.807, 2.05) is 41.3 Å². The van der Waals surface area contributed by atoms with E-state index in [1.54, 1.807) is 0 Å². The Kier molecular flexibility index (Phi) is 2.63. The predicted molar refractivity (Wildman–Crippen MR) is 69.7 cm³/mol. The second-order valence-corrected chi connectivity index (χ2v) is 4.55. The lowest BCUT2D eigenvalue weighted by Crippen LogP contribution is -2.36. The third kappa shape index (κ3) is 1.79. The Hall–Kier alpha value is -2.10. The van der Waals surface area contributed by atoms with Gasteiger partial charge >= 0.3 is 5.97 Å². The van der Waals surface area contributed by atoms with Crippen molar-refractivity contribution in [3.63, 3.8) is 0 Å². The Morgan fingerprint density at radius 3 is 2.94 bits per heavy atom. The molecule has 2 heterocycles. The lowest BCUT2D eigenvalue weighted by Gasteiger charge is -2.22. The molecule has 1 aliphatic heterocycles. The van der Waals surface area contributed by atoms with Gasteiger partial charge in [-0.1, -0.05) is 18.2 Å². The smallest absolute Gasteiger partial charge is 0.326 e. The van der Waals surface area contributed by atoms with Crippen LogP contribution in [0.1, 0.15) is 12.8 Å². The molecule has 1 unspecified atom stereocenters. The SMILES string of the molecule is O=C(O)C1CCCN1c1ccc2ccccc2n1. The van der Waals surface area contributed by atoms with E-state index in [9.17, 15) is 9.90 Å². The molecule has 3 rings (SSSR count). The number of carbonyl (C=O) groups is 1. The maximum atomic E-state index is 11.2. The van der Waals surface area contributed by atoms with E-state index in [4.69, 9.17) is 0 Å². The summed E-state index contributed by atoms with van der Waals surface area (Å²) in [6, 6.07) is 11.3. The molecule has 1 saturated heterocycles. The molecule has 1 fully saturated rings. The van der Waals surface area contributed by atoms with Gasteiger partial charge in [-0.3, -0.25) is 0 Å². The van der Waals surface area contributed by atoms with E-state index in [1.165, 1.54) is 0 Å². The minimum atomic E-state index is -0.762. The number of aromatic nitrogens is 1. The second-order valence-electron chi connectivity index (χ2n) is 4.55. The molecular formula is C14H14N2O2. The number of hydrogen-bond donors (Lipinski definition) is 1. The molecule has 0 saturated carbocycles. The van der Waals surface area contributed by atoms with Gasteiger partial charge in [-0.25, -0.2) is 9.78 Å². The molecule has 1 aromatic heterocycles. The second kappa shape index (κ2) is 4.29. The van der Waals surface area contributed by atoms with Crippen LogP contribution in [0.3, 0.4) is 0 Å². The number of benzene rings is 1. The van der Waals surface area contributed by atoms with Crippen LogP contribution in [-0.2, 0) is 4.79 Å². The van der Waals surface area contributed by atoms with Gasteiger partial charge in [0.2, 0.25) is 0 Å². The predicted octanol–water partition coefficient (Wildman–Crippen LogP) is 2.29. The van der Waals surface area contributed by atoms with Gasteiger partial charge in [-0.15, -0.1) is 0 Å². The largest absolute Gasteiger partial charge is 0.480 e. The van der Waals surface area contributed by atoms with E-state index in [0.717, 1.165) is 29.7 Å². The summed E-state index contributed by atoms with van der Waals surface area (Å²) in [7, 11) is 0. The lowest BCUT2D eigenvalue weighted by atomic mass is 10.2. The topological polar surface area (TPSA) is 53.4 Å². The summed E-state index contributed by atoms with van der Waals surface area (Å²) in [5.74, 6) is 0.000980. The number of fused-ring (bicyclic) bond motifs is 1. The number of nitrogens with zero attached hydrogens (tertiary/aromatic N) is 2. The van der Waals surface area contributed by atoms with Gasteiger partial charge in [0.05, 0.1) is 5.52 Å². The van der Waals surface area contributed by atoms with E-state index in [0.29, 0.717) is 6.42 Å². The van der Waals surface area contributed by atoms with Crippen molar-refractivity contribution in [3.8, 4) is 0 Å². The van der Waals surface area contributed by atoms with Crippen LogP contribution >= 0.6 is 0 Å². The van der Waals surface area contributed by atoms with Gasteiger partial charge in [0.15, 0.2) is 0 Å². The summed E-state index contributed by atoms with van der Waals surface area (Å²) in [6.45, 7) is 0.766. The minimum absolute atomic E-state index is 0.432. The molecule has 92 valence electrons. The summed E-state index contributed by atoms with van der Waals surface area (Å²) in [6.07, 6.45) is 1.61. The van der Waals surface area contributed by atoms with Crippen molar-refractivity contribution >= 4 is 22.7 Å². The van der Waals surface area contributed by atoms with Crippen LogP contribution in [0.25, 0.3) is 10.9 Å². The molecule has 18 heavy (non-hydrogen) atoms. The normalized spacial score (nSPS) is 19.3. The summed E-state index contributed by atoms with van der Waals surface area (Å²) in [5.41, 5.74) is 0.908. The third-order valence-corrected chi connectivity index (χ3v) is 3.42. The molecule has 0 bridgehead atoms. The van der Waals surface area contributed by atoms with Crippen molar-refractivity contribution in [2.45, 2.75) is 18.9 Å². The molecule has 0 spiro atoms. The van der Waals surface area contributed by atoms with Gasteiger partial charge in [-0.05, 0) is 31.0 Å². The van der Waals surface area contributed by atoms with E-state index >= 15 is 0 Å². The Bertz CT molecular complexity index is 597. The monoisotopic (exact) mass is 242 g/mol. The van der Waals surface area contributed by atoms with E-state index in [2.05, 4.69) is 4.98 Å². The van der Waals surface area contributed by atoms with Crippen molar-refractivity contribution in [1.82, 2.24) is 4.98 Å². The van der Waals surface area contributed by atoms with Crippen molar-refractivity contribution in [2.24, 2.45) is 0 Å².